The Labute approximate surface area is 210 Å². The van der Waals surface area contributed by atoms with Crippen LogP contribution in [0.1, 0.15) is 94.9 Å². The van der Waals surface area contributed by atoms with Crippen molar-refractivity contribution in [1.82, 2.24) is 0 Å². The molecule has 0 heterocycles. The Morgan fingerprint density at radius 3 is 1.42 bits per heavy atom. The van der Waals surface area contributed by atoms with Gasteiger partial charge in [-0.25, -0.2) is 4.57 Å². The second-order valence-corrected chi connectivity index (χ2v) is 11.2. The third-order valence-corrected chi connectivity index (χ3v) is 5.96. The molecule has 31 heavy (non-hydrogen) atoms. The van der Waals surface area contributed by atoms with Crippen LogP contribution in [0, 0.1) is 0 Å². The van der Waals surface area contributed by atoms with Crippen LogP contribution in [-0.2, 0) is 32.8 Å². The first-order valence-corrected chi connectivity index (χ1v) is 12.2. The van der Waals surface area contributed by atoms with E-state index >= 15 is 0 Å². The van der Waals surface area contributed by atoms with Crippen LogP contribution in [0.15, 0.2) is 36.4 Å². The summed E-state index contributed by atoms with van der Waals surface area (Å²) in [6.07, 6.45) is 0.934. The van der Waals surface area contributed by atoms with E-state index in [9.17, 15) is 14.4 Å². The predicted molar refractivity (Wildman–Crippen MR) is 131 cm³/mol. The molecule has 2 N–H and O–H groups in total. The SMILES string of the molecule is CCc1ccc(C(OP(=O)(O)O)c2ccc(CC)cc2C(C)(C)C)c(C(C)(C)C)c1.[NaH]. The number of benzene rings is 2. The van der Waals surface area contributed by atoms with Crippen molar-refractivity contribution in [1.29, 1.82) is 0 Å². The molecule has 6 heteroatoms. The van der Waals surface area contributed by atoms with Crippen molar-refractivity contribution in [2.24, 2.45) is 0 Å². The van der Waals surface area contributed by atoms with Gasteiger partial charge in [-0.15, -0.1) is 0 Å². The normalized spacial score (nSPS) is 12.7. The Hall–Kier alpha value is -0.450. The van der Waals surface area contributed by atoms with Gasteiger partial charge in [0.25, 0.3) is 0 Å². The molecule has 0 bridgehead atoms. The summed E-state index contributed by atoms with van der Waals surface area (Å²) in [6, 6.07) is 12.3. The van der Waals surface area contributed by atoms with E-state index in [1.165, 1.54) is 11.1 Å². The summed E-state index contributed by atoms with van der Waals surface area (Å²) in [5.74, 6) is 0. The van der Waals surface area contributed by atoms with Crippen LogP contribution in [0.4, 0.5) is 0 Å². The average molecular weight is 457 g/mol. The summed E-state index contributed by atoms with van der Waals surface area (Å²) in [7, 11) is -4.73. The minimum absolute atomic E-state index is 0. The number of aryl methyl sites for hydroxylation is 2. The molecule has 0 spiro atoms. The van der Waals surface area contributed by atoms with Gasteiger partial charge in [-0.05, 0) is 57.1 Å². The maximum absolute atomic E-state index is 12.0. The van der Waals surface area contributed by atoms with Gasteiger partial charge < -0.3 is 9.79 Å². The Morgan fingerprint density at radius 1 is 0.806 bits per heavy atom. The third kappa shape index (κ3) is 7.54. The van der Waals surface area contributed by atoms with Crippen LogP contribution >= 0.6 is 7.82 Å². The molecule has 0 aliphatic carbocycles. The van der Waals surface area contributed by atoms with E-state index in [1.807, 2.05) is 24.3 Å². The van der Waals surface area contributed by atoms with Crippen molar-refractivity contribution >= 4 is 37.4 Å². The van der Waals surface area contributed by atoms with Crippen molar-refractivity contribution in [2.75, 3.05) is 0 Å². The van der Waals surface area contributed by atoms with E-state index in [0.29, 0.717) is 0 Å². The Kier molecular flexibility index (Phi) is 9.82. The second-order valence-electron chi connectivity index (χ2n) is 10.0. The zero-order valence-corrected chi connectivity index (χ0v) is 20.5. The van der Waals surface area contributed by atoms with Gasteiger partial charge in [0.15, 0.2) is 0 Å². The quantitative estimate of drug-likeness (QED) is 0.416. The number of rotatable bonds is 6. The molecule has 0 atom stereocenters. The van der Waals surface area contributed by atoms with Gasteiger partial charge in [0.05, 0.1) is 0 Å². The Balaban J connectivity index is 0.00000480. The summed E-state index contributed by atoms with van der Waals surface area (Å²) in [5, 5.41) is 0. The van der Waals surface area contributed by atoms with E-state index < -0.39 is 13.9 Å². The molecule has 0 aromatic heterocycles. The van der Waals surface area contributed by atoms with Crippen molar-refractivity contribution in [3.63, 3.8) is 0 Å². The maximum atomic E-state index is 12.0. The Bertz CT molecular complexity index is 870. The molecule has 0 unspecified atom stereocenters. The van der Waals surface area contributed by atoms with Crippen LogP contribution in [0.25, 0.3) is 0 Å². The van der Waals surface area contributed by atoms with Crippen molar-refractivity contribution in [3.05, 3.63) is 69.8 Å². The summed E-state index contributed by atoms with van der Waals surface area (Å²) in [6.45, 7) is 16.9. The number of hydrogen-bond donors (Lipinski definition) is 2. The molecule has 0 aliphatic heterocycles. The van der Waals surface area contributed by atoms with E-state index in [4.69, 9.17) is 4.52 Å². The summed E-state index contributed by atoms with van der Waals surface area (Å²) >= 11 is 0. The monoisotopic (exact) mass is 456 g/mol. The van der Waals surface area contributed by atoms with E-state index in [2.05, 4.69) is 67.5 Å². The minimum atomic E-state index is -4.73. The van der Waals surface area contributed by atoms with Crippen molar-refractivity contribution in [2.45, 2.75) is 85.2 Å². The fourth-order valence-electron chi connectivity index (χ4n) is 3.82. The molecule has 0 radical (unpaired) electrons. The van der Waals surface area contributed by atoms with Gasteiger partial charge in [0.1, 0.15) is 6.10 Å². The second kappa shape index (κ2) is 10.7. The molecule has 0 saturated carbocycles. The average Bonchev–Trinajstić information content (AvgIpc) is 2.63. The van der Waals surface area contributed by atoms with Crippen molar-refractivity contribution < 1.29 is 18.9 Å². The van der Waals surface area contributed by atoms with Gasteiger partial charge in [-0.3, -0.25) is 4.52 Å². The molecule has 0 fully saturated rings. The topological polar surface area (TPSA) is 66.8 Å². The molecule has 2 aromatic carbocycles. The van der Waals surface area contributed by atoms with E-state index in [1.54, 1.807) is 0 Å². The summed E-state index contributed by atoms with van der Waals surface area (Å²) < 4.78 is 17.5. The first kappa shape index (κ1) is 28.6. The molecule has 0 saturated heterocycles. The standard InChI is InChI=1S/C25H37O4P.Na.H/c1-9-17-11-13-19(21(15-17)24(3,4)5)23(29-30(26,27)28)20-14-12-18(10-2)16-22(20)25(6,7)8;;/h11-16,23H,9-10H2,1-8H3,(H2,26,27,28);;. The number of hydrogen-bond acceptors (Lipinski definition) is 2. The van der Waals surface area contributed by atoms with Crippen LogP contribution in [0.2, 0.25) is 0 Å². The van der Waals surface area contributed by atoms with Crippen LogP contribution in [-0.4, -0.2) is 39.3 Å². The molecule has 168 valence electrons. The van der Waals surface area contributed by atoms with E-state index in [0.717, 1.165) is 35.1 Å². The van der Waals surface area contributed by atoms with Crippen LogP contribution < -0.4 is 0 Å². The zero-order chi connectivity index (χ0) is 22.9. The van der Waals surface area contributed by atoms with Gasteiger partial charge in [0, 0.05) is 0 Å². The molecule has 0 amide bonds. The van der Waals surface area contributed by atoms with Gasteiger partial charge >= 0.3 is 37.4 Å². The first-order chi connectivity index (χ1) is 13.7. The molecule has 4 nitrogen and oxygen atoms in total. The molecule has 0 aliphatic rings. The molecule has 2 aromatic rings. The summed E-state index contributed by atoms with van der Waals surface area (Å²) in [4.78, 5) is 19.6. The fourth-order valence-corrected chi connectivity index (χ4v) is 4.32. The van der Waals surface area contributed by atoms with Gasteiger partial charge in [0.2, 0.25) is 0 Å². The fraction of sp³-hybridized carbons (Fsp3) is 0.520. The number of phosphoric acid groups is 1. The first-order valence-electron chi connectivity index (χ1n) is 10.7. The third-order valence-electron chi connectivity index (χ3n) is 5.48. The number of phosphoric ester groups is 1. The molecular formula is C25H38NaO4P. The van der Waals surface area contributed by atoms with Gasteiger partial charge in [-0.1, -0.05) is 91.8 Å². The molecule has 2 rings (SSSR count). The predicted octanol–water partition coefficient (Wildman–Crippen LogP) is 5.96. The van der Waals surface area contributed by atoms with Crippen LogP contribution in [0.5, 0.6) is 0 Å². The van der Waals surface area contributed by atoms with Gasteiger partial charge in [-0.2, -0.15) is 0 Å². The Morgan fingerprint density at radius 2 is 1.16 bits per heavy atom. The summed E-state index contributed by atoms with van der Waals surface area (Å²) in [5.41, 5.74) is 5.66. The van der Waals surface area contributed by atoms with Crippen LogP contribution in [0.3, 0.4) is 0 Å². The van der Waals surface area contributed by atoms with Crippen molar-refractivity contribution in [3.8, 4) is 0 Å². The van der Waals surface area contributed by atoms with E-state index in [-0.39, 0.29) is 40.4 Å². The zero-order valence-electron chi connectivity index (χ0n) is 19.6. The molecular weight excluding hydrogens is 418 g/mol.